The predicted octanol–water partition coefficient (Wildman–Crippen LogP) is 14.3. The summed E-state index contributed by atoms with van der Waals surface area (Å²) in [6.45, 7) is 16.0. The number of ether oxygens (including phenoxy) is 8. The van der Waals surface area contributed by atoms with Crippen LogP contribution in [0, 0.1) is 0 Å². The van der Waals surface area contributed by atoms with Gasteiger partial charge in [-0.05, 0) is 56.5 Å². The van der Waals surface area contributed by atoms with Gasteiger partial charge in [-0.2, -0.15) is 0 Å². The Bertz CT molecular complexity index is 2540. The summed E-state index contributed by atoms with van der Waals surface area (Å²) in [5.74, 6) is 2.51. The standard InChI is InChI=1S/C29H31AsCl2O6.C24H29Cl2NO6/c1-5-35-27(33)17-30(29(34)36-6-2)21-14-24(31)28(25(32)15-21)38-22-12-13-26(23(16-22)19(3)4)37-18-20-10-8-7-9-11-20;1-6-15(4)18-13-17(9-10-21(18)30-5)33-23-19(25)11-16(12-20(23)26)27(24(29)32-8-3)14-22(28)31-7-2/h7-16,19H,5-6,17-18H2,1-4H3;9-13,15H,6-8,14H2,1-5H3. The number of esters is 2. The van der Waals surface area contributed by atoms with E-state index in [4.69, 9.17) is 84.3 Å². The van der Waals surface area contributed by atoms with Gasteiger partial charge in [-0.25, -0.2) is 4.79 Å². The fourth-order valence-electron chi connectivity index (χ4n) is 6.72. The molecule has 5 aromatic rings. The molecule has 0 bridgehead atoms. The van der Waals surface area contributed by atoms with E-state index >= 15 is 0 Å². The molecule has 0 saturated heterocycles. The van der Waals surface area contributed by atoms with E-state index in [1.807, 2.05) is 54.6 Å². The van der Waals surface area contributed by atoms with Crippen molar-refractivity contribution in [2.75, 3.05) is 45.0 Å². The number of rotatable bonds is 22. The van der Waals surface area contributed by atoms with Crippen LogP contribution in [-0.4, -0.2) is 77.5 Å². The van der Waals surface area contributed by atoms with Gasteiger partial charge in [-0.1, -0.05) is 67.4 Å². The van der Waals surface area contributed by atoms with Crippen molar-refractivity contribution in [2.24, 2.45) is 0 Å². The Morgan fingerprint density at radius 3 is 1.65 bits per heavy atom. The first-order valence-electron chi connectivity index (χ1n) is 23.0. The molecule has 0 saturated carbocycles. The van der Waals surface area contributed by atoms with Crippen LogP contribution in [0.2, 0.25) is 25.3 Å². The number of methoxy groups -OCH3 is 1. The fourth-order valence-corrected chi connectivity index (χ4v) is 11.8. The zero-order chi connectivity index (χ0) is 52.2. The molecule has 0 heterocycles. The first-order chi connectivity index (χ1) is 34.0. The number of hydrogen-bond donors (Lipinski definition) is 0. The third kappa shape index (κ3) is 17.2. The molecule has 5 rings (SSSR count). The summed E-state index contributed by atoms with van der Waals surface area (Å²) >= 11 is 23.4. The predicted molar refractivity (Wildman–Crippen MR) is 281 cm³/mol. The fraction of sp³-hybridized carbons (Fsp3) is 0.358. The minimum atomic E-state index is -2.68. The van der Waals surface area contributed by atoms with Crippen LogP contribution >= 0.6 is 46.4 Å². The van der Waals surface area contributed by atoms with E-state index in [0.717, 1.165) is 39.5 Å². The Hall–Kier alpha value is -5.30. The number of carbonyl (C=O) groups excluding carboxylic acids is 4. The summed E-state index contributed by atoms with van der Waals surface area (Å²) in [5, 5.41) is 0.744. The molecule has 2 atom stereocenters. The molecule has 0 spiro atoms. The minimum absolute atomic E-state index is 0.0469. The van der Waals surface area contributed by atoms with Gasteiger partial charge in [0.05, 0.1) is 36.1 Å². The number of anilines is 1. The zero-order valence-electron chi connectivity index (χ0n) is 41.3. The monoisotopic (exact) mass is 1120 g/mol. The van der Waals surface area contributed by atoms with E-state index in [0.29, 0.717) is 22.5 Å². The molecular weight excluding hydrogens is 1060 g/mol. The molecule has 2 unspecified atom stereocenters. The molecule has 0 N–H and O–H groups in total. The van der Waals surface area contributed by atoms with Gasteiger partial charge in [0.1, 0.15) is 18.0 Å². The summed E-state index contributed by atoms with van der Waals surface area (Å²) in [5.41, 5.74) is 3.34. The second-order valence-corrected chi connectivity index (χ2v) is 21.6. The average Bonchev–Trinajstić information content (AvgIpc) is 3.34. The Morgan fingerprint density at radius 2 is 1.13 bits per heavy atom. The van der Waals surface area contributed by atoms with Crippen molar-refractivity contribution >= 4 is 93.9 Å². The summed E-state index contributed by atoms with van der Waals surface area (Å²) in [4.78, 5) is 50.4. The van der Waals surface area contributed by atoms with Crippen molar-refractivity contribution < 1.29 is 57.1 Å². The number of nitrogens with zero attached hydrogens (tertiary/aromatic N) is 1. The van der Waals surface area contributed by atoms with Crippen molar-refractivity contribution in [3.8, 4) is 34.5 Å². The molecular formula is C53H60AsCl4NO12. The van der Waals surface area contributed by atoms with Gasteiger partial charge in [0.2, 0.25) is 0 Å². The Balaban J connectivity index is 0.000000312. The zero-order valence-corrected chi connectivity index (χ0v) is 46.2. The van der Waals surface area contributed by atoms with Gasteiger partial charge in [0.25, 0.3) is 0 Å². The molecule has 0 radical (unpaired) electrons. The van der Waals surface area contributed by atoms with Crippen molar-refractivity contribution in [2.45, 2.75) is 85.5 Å². The van der Waals surface area contributed by atoms with Crippen LogP contribution in [0.25, 0.3) is 0 Å². The van der Waals surface area contributed by atoms with Crippen LogP contribution in [0.3, 0.4) is 0 Å². The molecule has 0 aliphatic heterocycles. The molecule has 5 aromatic carbocycles. The number of amides is 1. The Labute approximate surface area is 441 Å². The molecule has 71 heavy (non-hydrogen) atoms. The second-order valence-electron chi connectivity index (χ2n) is 15.7. The van der Waals surface area contributed by atoms with E-state index < -0.39 is 37.4 Å². The van der Waals surface area contributed by atoms with Gasteiger partial charge in [-0.15, -0.1) is 0 Å². The van der Waals surface area contributed by atoms with Crippen LogP contribution in [0.15, 0.2) is 91.0 Å². The van der Waals surface area contributed by atoms with Crippen molar-refractivity contribution in [1.29, 1.82) is 0 Å². The van der Waals surface area contributed by atoms with Gasteiger partial charge in [0, 0.05) is 5.56 Å². The summed E-state index contributed by atoms with van der Waals surface area (Å²) in [6, 6.07) is 27.2. The van der Waals surface area contributed by atoms with Crippen LogP contribution in [-0.2, 0) is 35.1 Å². The Morgan fingerprint density at radius 1 is 0.606 bits per heavy atom. The third-order valence-electron chi connectivity index (χ3n) is 10.4. The number of halogens is 4. The number of benzene rings is 5. The summed E-state index contributed by atoms with van der Waals surface area (Å²) in [7, 11) is 1.62. The van der Waals surface area contributed by atoms with Gasteiger partial charge in [0.15, 0.2) is 5.75 Å². The van der Waals surface area contributed by atoms with Crippen LogP contribution in [0.4, 0.5) is 15.3 Å². The summed E-state index contributed by atoms with van der Waals surface area (Å²) < 4.78 is 44.1. The molecule has 0 fully saturated rings. The van der Waals surface area contributed by atoms with Crippen LogP contribution in [0.5, 0.6) is 34.5 Å². The van der Waals surface area contributed by atoms with Crippen molar-refractivity contribution in [1.82, 2.24) is 0 Å². The first-order valence-corrected chi connectivity index (χ1v) is 27.7. The topological polar surface area (TPSA) is 145 Å². The molecule has 0 aliphatic carbocycles. The molecule has 0 aromatic heterocycles. The second kappa shape index (κ2) is 29.3. The van der Waals surface area contributed by atoms with E-state index in [1.54, 1.807) is 59.1 Å². The maximum absolute atomic E-state index is 12.7. The first kappa shape index (κ1) is 58.3. The molecule has 13 nitrogen and oxygen atoms in total. The van der Waals surface area contributed by atoms with E-state index in [-0.39, 0.29) is 87.3 Å². The summed E-state index contributed by atoms with van der Waals surface area (Å²) in [6.07, 6.45) is 0.208. The van der Waals surface area contributed by atoms with Crippen LogP contribution < -0.4 is 28.2 Å². The molecule has 18 heteroatoms. The number of carbonyl (C=O) groups is 4. The normalized spacial score (nSPS) is 11.6. The van der Waals surface area contributed by atoms with Gasteiger partial charge in [-0.3, -0.25) is 9.69 Å². The van der Waals surface area contributed by atoms with Crippen molar-refractivity contribution in [3.05, 3.63) is 128 Å². The van der Waals surface area contributed by atoms with Crippen molar-refractivity contribution in [3.63, 3.8) is 0 Å². The van der Waals surface area contributed by atoms with Crippen LogP contribution in [0.1, 0.15) is 90.3 Å². The van der Waals surface area contributed by atoms with Gasteiger partial charge < -0.3 is 18.9 Å². The van der Waals surface area contributed by atoms with Gasteiger partial charge >= 0.3 is 221 Å². The third-order valence-corrected chi connectivity index (χ3v) is 15.7. The molecule has 1 amide bonds. The van der Waals surface area contributed by atoms with E-state index in [1.165, 1.54) is 12.1 Å². The SMILES string of the molecule is CCOC(=O)CN(C(=O)OCC)c1cc(Cl)c(Oc2ccc(OC)c(C(C)CC)c2)c(Cl)c1.CCOC(=O)C[As](C(=O)OCC)c1cc(Cl)c(Oc2ccc(OCc3ccccc3)c(C(C)C)c2)c(Cl)c1. The molecule has 0 aliphatic rings. The Kier molecular flexibility index (Phi) is 24.0. The number of hydrogen-bond acceptors (Lipinski definition) is 12. The van der Waals surface area contributed by atoms with E-state index in [2.05, 4.69) is 27.7 Å². The molecule has 382 valence electrons. The maximum atomic E-state index is 12.7. The quantitative estimate of drug-likeness (QED) is 0.0369. The van der Waals surface area contributed by atoms with E-state index in [9.17, 15) is 19.2 Å². The average molecular weight is 1120 g/mol.